The molecular weight excluding hydrogens is 274 g/mol. The van der Waals surface area contributed by atoms with Crippen molar-refractivity contribution in [1.82, 2.24) is 0 Å². The maximum atomic E-state index is 13.5. The van der Waals surface area contributed by atoms with Gasteiger partial charge in [-0.25, -0.2) is 8.78 Å². The van der Waals surface area contributed by atoms with E-state index in [-0.39, 0.29) is 11.3 Å². The largest absolute Gasteiger partial charge is 0.488 e. The Morgan fingerprint density at radius 2 is 1.48 bits per heavy atom. The van der Waals surface area contributed by atoms with Gasteiger partial charge in [0.25, 0.3) is 0 Å². The number of rotatable bonds is 11. The summed E-state index contributed by atoms with van der Waals surface area (Å²) in [4.78, 5) is 10.5. The second kappa shape index (κ2) is 10.3. The van der Waals surface area contributed by atoms with Crippen LogP contribution in [0.4, 0.5) is 8.78 Å². The highest BCUT2D eigenvalue weighted by atomic mass is 19.1. The number of carbonyl (C=O) groups excluding carboxylic acids is 1. The molecule has 21 heavy (non-hydrogen) atoms. The van der Waals surface area contributed by atoms with E-state index in [1.165, 1.54) is 32.1 Å². The lowest BCUT2D eigenvalue weighted by Gasteiger charge is -2.08. The van der Waals surface area contributed by atoms with E-state index >= 15 is 0 Å². The molecule has 0 aliphatic carbocycles. The fourth-order valence-electron chi connectivity index (χ4n) is 2.20. The van der Waals surface area contributed by atoms with Gasteiger partial charge in [0, 0.05) is 5.56 Å². The molecule has 0 amide bonds. The van der Waals surface area contributed by atoms with Gasteiger partial charge >= 0.3 is 0 Å². The molecule has 0 radical (unpaired) electrons. The molecule has 118 valence electrons. The van der Waals surface area contributed by atoms with E-state index in [0.29, 0.717) is 12.9 Å². The summed E-state index contributed by atoms with van der Waals surface area (Å²) in [5, 5.41) is 0. The number of hydrogen-bond acceptors (Lipinski definition) is 2. The Morgan fingerprint density at radius 1 is 0.952 bits per heavy atom. The van der Waals surface area contributed by atoms with Gasteiger partial charge in [-0.3, -0.25) is 4.79 Å². The average Bonchev–Trinajstić information content (AvgIpc) is 2.47. The highest BCUT2D eigenvalue weighted by Crippen LogP contribution is 2.23. The van der Waals surface area contributed by atoms with Crippen LogP contribution in [0.1, 0.15) is 68.6 Å². The summed E-state index contributed by atoms with van der Waals surface area (Å²) < 4.78 is 32.2. The lowest BCUT2D eigenvalue weighted by atomic mass is 10.1. The maximum Gasteiger partial charge on any atom is 0.190 e. The van der Waals surface area contributed by atoms with Crippen molar-refractivity contribution in [2.75, 3.05) is 6.61 Å². The van der Waals surface area contributed by atoms with Gasteiger partial charge in [-0.2, -0.15) is 0 Å². The number of ether oxygens (including phenoxy) is 1. The van der Waals surface area contributed by atoms with Crippen LogP contribution in [0.25, 0.3) is 0 Å². The summed E-state index contributed by atoms with van der Waals surface area (Å²) in [6.45, 7) is 2.49. The van der Waals surface area contributed by atoms with Gasteiger partial charge in [-0.05, 0) is 18.6 Å². The van der Waals surface area contributed by atoms with Crippen molar-refractivity contribution >= 4 is 6.29 Å². The van der Waals surface area contributed by atoms with Crippen LogP contribution in [0.15, 0.2) is 12.1 Å². The average molecular weight is 298 g/mol. The molecule has 0 heterocycles. The Morgan fingerprint density at radius 3 is 2.00 bits per heavy atom. The third-order valence-corrected chi connectivity index (χ3v) is 3.40. The normalized spacial score (nSPS) is 10.6. The lowest BCUT2D eigenvalue weighted by molar-refractivity contribution is 0.112. The fraction of sp³-hybridized carbons (Fsp3) is 0.588. The Labute approximate surface area is 125 Å². The Balaban J connectivity index is 2.20. The van der Waals surface area contributed by atoms with Crippen molar-refractivity contribution < 1.29 is 18.3 Å². The minimum Gasteiger partial charge on any atom is -0.488 e. The first-order valence-corrected chi connectivity index (χ1v) is 7.76. The van der Waals surface area contributed by atoms with Crippen molar-refractivity contribution in [3.63, 3.8) is 0 Å². The maximum absolute atomic E-state index is 13.5. The van der Waals surface area contributed by atoms with Gasteiger partial charge in [0.1, 0.15) is 6.29 Å². The minimum absolute atomic E-state index is 0.0237. The lowest BCUT2D eigenvalue weighted by Crippen LogP contribution is -2.02. The highest BCUT2D eigenvalue weighted by molar-refractivity contribution is 5.75. The molecule has 0 N–H and O–H groups in total. The second-order valence-corrected chi connectivity index (χ2v) is 5.25. The van der Waals surface area contributed by atoms with Crippen molar-refractivity contribution in [1.29, 1.82) is 0 Å². The first kappa shape index (κ1) is 17.6. The third kappa shape index (κ3) is 6.69. The molecule has 2 nitrogen and oxygen atoms in total. The molecule has 0 aromatic heterocycles. The molecule has 0 unspecified atom stereocenters. The van der Waals surface area contributed by atoms with E-state index in [9.17, 15) is 13.6 Å². The van der Waals surface area contributed by atoms with Gasteiger partial charge < -0.3 is 4.74 Å². The SMILES string of the molecule is CCCCCCCCCCOc1c(F)cc(C=O)cc1F. The molecule has 0 aliphatic rings. The molecule has 0 aliphatic heterocycles. The summed E-state index contributed by atoms with van der Waals surface area (Å²) in [6, 6.07) is 1.97. The predicted octanol–water partition coefficient (Wildman–Crippen LogP) is 5.30. The molecule has 0 saturated heterocycles. The summed E-state index contributed by atoms with van der Waals surface area (Å²) >= 11 is 0. The Hall–Kier alpha value is -1.45. The van der Waals surface area contributed by atoms with Crippen molar-refractivity contribution in [3.8, 4) is 5.75 Å². The van der Waals surface area contributed by atoms with E-state index in [1.807, 2.05) is 0 Å². The van der Waals surface area contributed by atoms with Crippen LogP contribution in [0, 0.1) is 11.6 Å². The molecule has 4 heteroatoms. The predicted molar refractivity (Wildman–Crippen MR) is 79.9 cm³/mol. The number of benzene rings is 1. The molecule has 0 saturated carbocycles. The number of hydrogen-bond donors (Lipinski definition) is 0. The number of carbonyl (C=O) groups is 1. The Bertz CT molecular complexity index is 410. The van der Waals surface area contributed by atoms with Gasteiger partial charge in [0.15, 0.2) is 17.4 Å². The van der Waals surface area contributed by atoms with Crippen LogP contribution in [0.3, 0.4) is 0 Å². The van der Waals surface area contributed by atoms with Crippen LogP contribution >= 0.6 is 0 Å². The number of unbranched alkanes of at least 4 members (excludes halogenated alkanes) is 7. The van der Waals surface area contributed by atoms with E-state index in [4.69, 9.17) is 4.74 Å². The monoisotopic (exact) mass is 298 g/mol. The van der Waals surface area contributed by atoms with Crippen LogP contribution in [-0.2, 0) is 0 Å². The second-order valence-electron chi connectivity index (χ2n) is 5.25. The van der Waals surface area contributed by atoms with Crippen LogP contribution in [-0.4, -0.2) is 12.9 Å². The molecule has 1 aromatic carbocycles. The molecular formula is C17H24F2O2. The van der Waals surface area contributed by atoms with Gasteiger partial charge in [0.2, 0.25) is 0 Å². The van der Waals surface area contributed by atoms with Gasteiger partial charge in [-0.15, -0.1) is 0 Å². The van der Waals surface area contributed by atoms with E-state index in [2.05, 4.69) is 6.92 Å². The number of aldehydes is 1. The van der Waals surface area contributed by atoms with E-state index in [1.54, 1.807) is 0 Å². The molecule has 1 aromatic rings. The fourth-order valence-corrected chi connectivity index (χ4v) is 2.20. The zero-order valence-corrected chi connectivity index (χ0v) is 12.7. The van der Waals surface area contributed by atoms with Crippen molar-refractivity contribution in [3.05, 3.63) is 29.3 Å². The zero-order chi connectivity index (χ0) is 15.5. The quantitative estimate of drug-likeness (QED) is 0.409. The van der Waals surface area contributed by atoms with Crippen molar-refractivity contribution in [2.24, 2.45) is 0 Å². The summed E-state index contributed by atoms with van der Waals surface area (Å²) in [6.07, 6.45) is 9.60. The summed E-state index contributed by atoms with van der Waals surface area (Å²) in [7, 11) is 0. The summed E-state index contributed by atoms with van der Waals surface area (Å²) in [5.41, 5.74) is -0.0237. The molecule has 0 atom stereocenters. The molecule has 0 bridgehead atoms. The van der Waals surface area contributed by atoms with Gasteiger partial charge in [0.05, 0.1) is 6.61 Å². The van der Waals surface area contributed by atoms with Crippen LogP contribution < -0.4 is 4.74 Å². The first-order valence-electron chi connectivity index (χ1n) is 7.76. The zero-order valence-electron chi connectivity index (χ0n) is 12.7. The molecule has 0 spiro atoms. The highest BCUT2D eigenvalue weighted by Gasteiger charge is 2.12. The topological polar surface area (TPSA) is 26.3 Å². The number of halogens is 2. The molecule has 0 fully saturated rings. The van der Waals surface area contributed by atoms with Crippen molar-refractivity contribution in [2.45, 2.75) is 58.3 Å². The van der Waals surface area contributed by atoms with Crippen LogP contribution in [0.2, 0.25) is 0 Å². The van der Waals surface area contributed by atoms with E-state index < -0.39 is 11.6 Å². The van der Waals surface area contributed by atoms with Gasteiger partial charge in [-0.1, -0.05) is 51.9 Å². The Kier molecular flexibility index (Phi) is 8.63. The third-order valence-electron chi connectivity index (χ3n) is 3.40. The van der Waals surface area contributed by atoms with E-state index in [0.717, 1.165) is 31.4 Å². The first-order chi connectivity index (χ1) is 10.2. The summed E-state index contributed by atoms with van der Waals surface area (Å²) in [5.74, 6) is -2.03. The van der Waals surface area contributed by atoms with Crippen LogP contribution in [0.5, 0.6) is 5.75 Å². The standard InChI is InChI=1S/C17H24F2O2/c1-2-3-4-5-6-7-8-9-10-21-17-15(18)11-14(13-20)12-16(17)19/h11-13H,2-10H2,1H3. The molecule has 1 rings (SSSR count). The minimum atomic E-state index is -0.823. The smallest absolute Gasteiger partial charge is 0.190 e.